The molecule has 1 aromatic carbocycles. The van der Waals surface area contributed by atoms with Gasteiger partial charge in [0.25, 0.3) is 5.56 Å². The first-order valence-electron chi connectivity index (χ1n) is 8.69. The molecule has 1 atom stereocenters. The Balaban J connectivity index is 1.74. The fourth-order valence-electron chi connectivity index (χ4n) is 2.26. The number of amides is 2. The number of nitrogens with zero attached hydrogens (tertiary/aromatic N) is 1. The van der Waals surface area contributed by atoms with Crippen LogP contribution in [0.4, 0.5) is 10.5 Å². The number of unbranched alkanes of at least 4 members (excludes halogenated alkanes) is 1. The quantitative estimate of drug-likeness (QED) is 0.599. The molecule has 1 aromatic heterocycles. The summed E-state index contributed by atoms with van der Waals surface area (Å²) in [5, 5.41) is 15.2. The summed E-state index contributed by atoms with van der Waals surface area (Å²) in [6.45, 7) is 2.92. The second-order valence-electron chi connectivity index (χ2n) is 5.91. The first kappa shape index (κ1) is 19.5. The predicted octanol–water partition coefficient (Wildman–Crippen LogP) is 2.21. The number of nitrogens with one attached hydrogen (secondary N) is 2. The van der Waals surface area contributed by atoms with Gasteiger partial charge in [0.15, 0.2) is 0 Å². The highest BCUT2D eigenvalue weighted by Crippen LogP contribution is 2.15. The van der Waals surface area contributed by atoms with E-state index in [-0.39, 0.29) is 18.6 Å². The van der Waals surface area contributed by atoms with E-state index >= 15 is 0 Å². The van der Waals surface area contributed by atoms with Crippen molar-refractivity contribution in [3.8, 4) is 5.75 Å². The standard InChI is InChI=1S/C19H25N3O4/c1-2-3-12-26-17-9-7-15(8-10-17)21-19(25)20-13-16(23)14-22-11-5-4-6-18(22)24/h4-11,16,23H,2-3,12-14H2,1H3,(H2,20,21,25). The molecule has 1 heterocycles. The molecule has 0 aliphatic rings. The molecule has 0 aliphatic heterocycles. The Labute approximate surface area is 152 Å². The molecule has 0 spiro atoms. The molecule has 0 saturated heterocycles. The van der Waals surface area contributed by atoms with Crippen molar-refractivity contribution in [1.82, 2.24) is 9.88 Å². The number of aromatic nitrogens is 1. The van der Waals surface area contributed by atoms with Gasteiger partial charge in [0, 0.05) is 24.5 Å². The number of carbonyl (C=O) groups excluding carboxylic acids is 1. The molecule has 0 bridgehead atoms. The number of hydrogen-bond acceptors (Lipinski definition) is 4. The Kier molecular flexibility index (Phi) is 7.70. The second-order valence-corrected chi connectivity index (χ2v) is 5.91. The van der Waals surface area contributed by atoms with Crippen molar-refractivity contribution in [3.05, 3.63) is 59.0 Å². The summed E-state index contributed by atoms with van der Waals surface area (Å²) >= 11 is 0. The van der Waals surface area contributed by atoms with Gasteiger partial charge in [-0.05, 0) is 36.8 Å². The smallest absolute Gasteiger partial charge is 0.319 e. The largest absolute Gasteiger partial charge is 0.494 e. The average molecular weight is 359 g/mol. The van der Waals surface area contributed by atoms with Gasteiger partial charge >= 0.3 is 6.03 Å². The van der Waals surface area contributed by atoms with Crippen molar-refractivity contribution in [2.75, 3.05) is 18.5 Å². The lowest BCUT2D eigenvalue weighted by Gasteiger charge is -2.14. The topological polar surface area (TPSA) is 92.6 Å². The zero-order chi connectivity index (χ0) is 18.8. The maximum absolute atomic E-state index is 11.9. The third-order valence-electron chi connectivity index (χ3n) is 3.68. The van der Waals surface area contributed by atoms with Gasteiger partial charge in [-0.15, -0.1) is 0 Å². The van der Waals surface area contributed by atoms with Crippen LogP contribution in [-0.4, -0.2) is 35.0 Å². The van der Waals surface area contributed by atoms with Gasteiger partial charge in [0.05, 0.1) is 19.3 Å². The normalized spacial score (nSPS) is 11.6. The van der Waals surface area contributed by atoms with E-state index < -0.39 is 12.1 Å². The molecule has 26 heavy (non-hydrogen) atoms. The van der Waals surface area contributed by atoms with Crippen LogP contribution >= 0.6 is 0 Å². The fraction of sp³-hybridized carbons (Fsp3) is 0.368. The fourth-order valence-corrected chi connectivity index (χ4v) is 2.26. The van der Waals surface area contributed by atoms with Crippen LogP contribution in [0, 0.1) is 0 Å². The zero-order valence-electron chi connectivity index (χ0n) is 14.9. The molecular formula is C19H25N3O4. The van der Waals surface area contributed by atoms with Crippen molar-refractivity contribution < 1.29 is 14.6 Å². The summed E-state index contributed by atoms with van der Waals surface area (Å²) in [5.41, 5.74) is 0.427. The number of aliphatic hydroxyl groups is 1. The molecule has 7 heteroatoms. The summed E-state index contributed by atoms with van der Waals surface area (Å²) in [4.78, 5) is 23.5. The Hall–Kier alpha value is -2.80. The number of urea groups is 1. The second kappa shape index (κ2) is 10.2. The third-order valence-corrected chi connectivity index (χ3v) is 3.68. The van der Waals surface area contributed by atoms with Crippen molar-refractivity contribution in [1.29, 1.82) is 0 Å². The van der Waals surface area contributed by atoms with Crippen LogP contribution in [-0.2, 0) is 6.54 Å². The first-order valence-corrected chi connectivity index (χ1v) is 8.69. The Morgan fingerprint density at radius 2 is 2.00 bits per heavy atom. The number of pyridine rings is 1. The summed E-state index contributed by atoms with van der Waals surface area (Å²) < 4.78 is 6.95. The van der Waals surface area contributed by atoms with Gasteiger partial charge in [-0.1, -0.05) is 19.4 Å². The SMILES string of the molecule is CCCCOc1ccc(NC(=O)NCC(O)Cn2ccccc2=O)cc1. The minimum atomic E-state index is -0.866. The van der Waals surface area contributed by atoms with E-state index in [9.17, 15) is 14.7 Å². The Morgan fingerprint density at radius 1 is 1.23 bits per heavy atom. The lowest BCUT2D eigenvalue weighted by Crippen LogP contribution is -2.38. The molecular weight excluding hydrogens is 334 g/mol. The van der Waals surface area contributed by atoms with Crippen molar-refractivity contribution in [2.24, 2.45) is 0 Å². The van der Waals surface area contributed by atoms with Crippen LogP contribution in [0.1, 0.15) is 19.8 Å². The number of hydrogen-bond donors (Lipinski definition) is 3. The highest BCUT2D eigenvalue weighted by molar-refractivity contribution is 5.89. The highest BCUT2D eigenvalue weighted by Gasteiger charge is 2.09. The number of benzene rings is 1. The van der Waals surface area contributed by atoms with Crippen LogP contribution in [0.3, 0.4) is 0 Å². The zero-order valence-corrected chi connectivity index (χ0v) is 14.9. The number of rotatable bonds is 9. The molecule has 3 N–H and O–H groups in total. The minimum Gasteiger partial charge on any atom is -0.494 e. The minimum absolute atomic E-state index is 0.0331. The van der Waals surface area contributed by atoms with Crippen LogP contribution in [0.25, 0.3) is 0 Å². The lowest BCUT2D eigenvalue weighted by molar-refractivity contribution is 0.151. The molecule has 0 radical (unpaired) electrons. The third kappa shape index (κ3) is 6.60. The molecule has 2 rings (SSSR count). The molecule has 1 unspecified atom stereocenters. The van der Waals surface area contributed by atoms with E-state index in [2.05, 4.69) is 17.6 Å². The summed E-state index contributed by atoms with van der Waals surface area (Å²) in [6.07, 6.45) is 2.80. The summed E-state index contributed by atoms with van der Waals surface area (Å²) in [6, 6.07) is 11.4. The van der Waals surface area contributed by atoms with E-state index in [1.165, 1.54) is 10.6 Å². The van der Waals surface area contributed by atoms with E-state index in [4.69, 9.17) is 4.74 Å². The number of anilines is 1. The van der Waals surface area contributed by atoms with Gasteiger partial charge in [-0.2, -0.15) is 0 Å². The molecule has 0 fully saturated rings. The lowest BCUT2D eigenvalue weighted by atomic mass is 10.3. The van der Waals surface area contributed by atoms with Crippen LogP contribution in [0.2, 0.25) is 0 Å². The highest BCUT2D eigenvalue weighted by atomic mass is 16.5. The van der Waals surface area contributed by atoms with Gasteiger partial charge in [0.2, 0.25) is 0 Å². The first-order chi connectivity index (χ1) is 12.6. The van der Waals surface area contributed by atoms with E-state index in [0.29, 0.717) is 12.3 Å². The van der Waals surface area contributed by atoms with E-state index in [0.717, 1.165) is 18.6 Å². The maximum Gasteiger partial charge on any atom is 0.319 e. The molecule has 2 aromatic rings. The Bertz CT molecular complexity index is 743. The molecule has 0 aliphatic carbocycles. The van der Waals surface area contributed by atoms with Gasteiger partial charge in [-0.25, -0.2) is 4.79 Å². The summed E-state index contributed by atoms with van der Waals surface area (Å²) in [7, 11) is 0. The van der Waals surface area contributed by atoms with Crippen LogP contribution in [0.5, 0.6) is 5.75 Å². The molecule has 7 nitrogen and oxygen atoms in total. The van der Waals surface area contributed by atoms with E-state index in [1.54, 1.807) is 42.6 Å². The van der Waals surface area contributed by atoms with E-state index in [1.807, 2.05) is 0 Å². The maximum atomic E-state index is 11.9. The number of aliphatic hydroxyl groups excluding tert-OH is 1. The summed E-state index contributed by atoms with van der Waals surface area (Å²) in [5.74, 6) is 0.758. The van der Waals surface area contributed by atoms with Crippen molar-refractivity contribution in [2.45, 2.75) is 32.4 Å². The Morgan fingerprint density at radius 3 is 2.69 bits per heavy atom. The average Bonchev–Trinajstić information content (AvgIpc) is 2.64. The van der Waals surface area contributed by atoms with Crippen LogP contribution < -0.4 is 20.9 Å². The van der Waals surface area contributed by atoms with Gasteiger partial charge in [0.1, 0.15) is 5.75 Å². The molecule has 2 amide bonds. The van der Waals surface area contributed by atoms with Gasteiger partial charge in [-0.3, -0.25) is 4.79 Å². The van der Waals surface area contributed by atoms with Crippen molar-refractivity contribution >= 4 is 11.7 Å². The number of carbonyl (C=O) groups is 1. The number of ether oxygens (including phenoxy) is 1. The molecule has 0 saturated carbocycles. The van der Waals surface area contributed by atoms with Gasteiger partial charge < -0.3 is 25.0 Å². The predicted molar refractivity (Wildman–Crippen MR) is 101 cm³/mol. The van der Waals surface area contributed by atoms with Crippen LogP contribution in [0.15, 0.2) is 53.5 Å². The van der Waals surface area contributed by atoms with Crippen molar-refractivity contribution in [3.63, 3.8) is 0 Å². The monoisotopic (exact) mass is 359 g/mol. The molecule has 140 valence electrons.